The summed E-state index contributed by atoms with van der Waals surface area (Å²) in [7, 11) is 1.37. The largest absolute Gasteiger partial charge is 0.465 e. The van der Waals surface area contributed by atoms with Gasteiger partial charge in [0, 0.05) is 5.56 Å². The summed E-state index contributed by atoms with van der Waals surface area (Å²) in [6.45, 7) is 0. The average Bonchev–Trinajstić information content (AvgIpc) is 2.97. The molecule has 1 aromatic heterocycles. The minimum Gasteiger partial charge on any atom is -0.465 e. The molecule has 0 aliphatic heterocycles. The molecule has 0 atom stereocenters. The highest BCUT2D eigenvalue weighted by Crippen LogP contribution is 2.32. The number of methoxy groups -OCH3 is 1. The van der Waals surface area contributed by atoms with Crippen LogP contribution in [0.3, 0.4) is 0 Å². The van der Waals surface area contributed by atoms with Crippen LogP contribution in [0.4, 0.5) is 0 Å². The van der Waals surface area contributed by atoms with E-state index in [-0.39, 0.29) is 5.97 Å². The maximum absolute atomic E-state index is 11.8. The highest BCUT2D eigenvalue weighted by Gasteiger charge is 2.19. The number of benzene rings is 2. The Morgan fingerprint density at radius 1 is 1.00 bits per heavy atom. The van der Waals surface area contributed by atoms with Crippen LogP contribution in [0.25, 0.3) is 22.4 Å². The Hall–Kier alpha value is -1.98. The maximum Gasteiger partial charge on any atom is 0.350 e. The first kappa shape index (κ1) is 14.9. The molecule has 0 N–H and O–H groups in total. The Labute approximate surface area is 140 Å². The second-order valence-electron chi connectivity index (χ2n) is 4.58. The number of aromatic nitrogens is 1. The van der Waals surface area contributed by atoms with Gasteiger partial charge in [-0.1, -0.05) is 65.9 Å². The lowest BCUT2D eigenvalue weighted by molar-refractivity contribution is 0.0607. The van der Waals surface area contributed by atoms with Crippen LogP contribution in [-0.4, -0.2) is 18.1 Å². The molecule has 0 radical (unpaired) electrons. The van der Waals surface area contributed by atoms with Crippen LogP contribution in [-0.2, 0) is 4.74 Å². The van der Waals surface area contributed by atoms with Crippen molar-refractivity contribution in [2.75, 3.05) is 7.11 Å². The first-order chi connectivity index (χ1) is 10.7. The zero-order valence-electron chi connectivity index (χ0n) is 11.7. The van der Waals surface area contributed by atoms with Crippen molar-refractivity contribution in [3.05, 3.63) is 63.4 Å². The maximum atomic E-state index is 11.8. The minimum absolute atomic E-state index is 0.370. The average molecular weight is 374 g/mol. The fourth-order valence-corrected chi connectivity index (χ4v) is 3.57. The van der Waals surface area contributed by atoms with Crippen molar-refractivity contribution in [1.82, 2.24) is 4.98 Å². The van der Waals surface area contributed by atoms with Gasteiger partial charge in [-0.25, -0.2) is 9.78 Å². The zero-order chi connectivity index (χ0) is 15.5. The molecule has 110 valence electrons. The molecule has 3 rings (SSSR count). The van der Waals surface area contributed by atoms with Crippen LogP contribution >= 0.6 is 27.3 Å². The standard InChI is InChI=1S/C17H12BrNO2S/c1-21-16(20)15-14(19-17(18)22-15)13-9-7-12(8-10-13)11-5-3-2-4-6-11/h2-10H,1H3. The van der Waals surface area contributed by atoms with Crippen molar-refractivity contribution in [2.45, 2.75) is 0 Å². The fourth-order valence-electron chi connectivity index (χ4n) is 2.17. The number of nitrogens with zero attached hydrogens (tertiary/aromatic N) is 1. The molecular weight excluding hydrogens is 362 g/mol. The highest BCUT2D eigenvalue weighted by atomic mass is 79.9. The summed E-state index contributed by atoms with van der Waals surface area (Å²) in [4.78, 5) is 16.7. The van der Waals surface area contributed by atoms with E-state index < -0.39 is 0 Å². The smallest absolute Gasteiger partial charge is 0.350 e. The lowest BCUT2D eigenvalue weighted by Gasteiger charge is -2.04. The number of carbonyl (C=O) groups excluding carboxylic acids is 1. The summed E-state index contributed by atoms with van der Waals surface area (Å²) in [5.74, 6) is -0.370. The van der Waals surface area contributed by atoms with Gasteiger partial charge in [0.05, 0.1) is 12.8 Å². The molecule has 0 aliphatic carbocycles. The number of carbonyl (C=O) groups is 1. The van der Waals surface area contributed by atoms with Gasteiger partial charge in [-0.05, 0) is 27.1 Å². The predicted molar refractivity (Wildman–Crippen MR) is 92.0 cm³/mol. The van der Waals surface area contributed by atoms with Crippen molar-refractivity contribution in [3.63, 3.8) is 0 Å². The number of ether oxygens (including phenoxy) is 1. The molecule has 0 saturated carbocycles. The second-order valence-corrected chi connectivity index (χ2v) is 6.85. The molecule has 0 spiro atoms. The summed E-state index contributed by atoms with van der Waals surface area (Å²) in [6, 6.07) is 18.1. The van der Waals surface area contributed by atoms with Crippen molar-refractivity contribution < 1.29 is 9.53 Å². The third kappa shape index (κ3) is 2.96. The van der Waals surface area contributed by atoms with E-state index in [0.29, 0.717) is 14.5 Å². The van der Waals surface area contributed by atoms with E-state index in [2.05, 4.69) is 33.0 Å². The molecule has 2 aromatic carbocycles. The lowest BCUT2D eigenvalue weighted by Crippen LogP contribution is -2.00. The topological polar surface area (TPSA) is 39.2 Å². The minimum atomic E-state index is -0.370. The third-order valence-electron chi connectivity index (χ3n) is 3.24. The van der Waals surface area contributed by atoms with Gasteiger partial charge >= 0.3 is 5.97 Å². The normalized spacial score (nSPS) is 10.5. The molecular formula is C17H12BrNO2S. The summed E-state index contributed by atoms with van der Waals surface area (Å²) >= 11 is 4.60. The molecule has 0 unspecified atom stereocenters. The molecule has 3 nitrogen and oxygen atoms in total. The Morgan fingerprint density at radius 2 is 1.59 bits per heavy atom. The van der Waals surface area contributed by atoms with Crippen LogP contribution in [0.2, 0.25) is 0 Å². The van der Waals surface area contributed by atoms with Gasteiger partial charge in [0.15, 0.2) is 3.92 Å². The van der Waals surface area contributed by atoms with E-state index in [1.54, 1.807) is 0 Å². The second kappa shape index (κ2) is 6.42. The molecule has 22 heavy (non-hydrogen) atoms. The van der Waals surface area contributed by atoms with Gasteiger partial charge in [-0.3, -0.25) is 0 Å². The van der Waals surface area contributed by atoms with E-state index >= 15 is 0 Å². The monoisotopic (exact) mass is 373 g/mol. The van der Waals surface area contributed by atoms with Crippen LogP contribution < -0.4 is 0 Å². The van der Waals surface area contributed by atoms with Crippen molar-refractivity contribution in [2.24, 2.45) is 0 Å². The van der Waals surface area contributed by atoms with Gasteiger partial charge in [0.1, 0.15) is 4.88 Å². The number of thiazole rings is 1. The first-order valence-corrected chi connectivity index (χ1v) is 8.20. The van der Waals surface area contributed by atoms with Crippen LogP contribution in [0.5, 0.6) is 0 Å². The molecule has 0 amide bonds. The molecule has 0 fully saturated rings. The van der Waals surface area contributed by atoms with Crippen LogP contribution in [0.1, 0.15) is 9.67 Å². The van der Waals surface area contributed by atoms with Gasteiger partial charge < -0.3 is 4.74 Å². The summed E-state index contributed by atoms with van der Waals surface area (Å²) in [6.07, 6.45) is 0. The summed E-state index contributed by atoms with van der Waals surface area (Å²) < 4.78 is 5.48. The van der Waals surface area contributed by atoms with E-state index in [0.717, 1.165) is 16.7 Å². The SMILES string of the molecule is COC(=O)c1sc(Br)nc1-c1ccc(-c2ccccc2)cc1. The fraction of sp³-hybridized carbons (Fsp3) is 0.0588. The van der Waals surface area contributed by atoms with Crippen molar-refractivity contribution in [3.8, 4) is 22.4 Å². The van der Waals surface area contributed by atoms with E-state index in [1.807, 2.05) is 42.5 Å². The number of esters is 1. The lowest BCUT2D eigenvalue weighted by atomic mass is 10.0. The zero-order valence-corrected chi connectivity index (χ0v) is 14.1. The molecule has 0 saturated heterocycles. The van der Waals surface area contributed by atoms with Crippen LogP contribution in [0.15, 0.2) is 58.5 Å². The number of halogens is 1. The Morgan fingerprint density at radius 3 is 2.23 bits per heavy atom. The Kier molecular flexibility index (Phi) is 4.36. The molecule has 3 aromatic rings. The third-order valence-corrected chi connectivity index (χ3v) is 4.72. The van der Waals surface area contributed by atoms with Gasteiger partial charge in [0.2, 0.25) is 0 Å². The van der Waals surface area contributed by atoms with E-state index in [9.17, 15) is 4.79 Å². The first-order valence-electron chi connectivity index (χ1n) is 6.59. The summed E-state index contributed by atoms with van der Waals surface area (Å²) in [5, 5.41) is 0. The highest BCUT2D eigenvalue weighted by molar-refractivity contribution is 9.11. The summed E-state index contributed by atoms with van der Waals surface area (Å²) in [5.41, 5.74) is 3.81. The van der Waals surface area contributed by atoms with Gasteiger partial charge in [-0.15, -0.1) is 0 Å². The van der Waals surface area contributed by atoms with E-state index in [4.69, 9.17) is 4.74 Å². The number of hydrogen-bond acceptors (Lipinski definition) is 4. The predicted octanol–water partition coefficient (Wildman–Crippen LogP) is 5.03. The number of hydrogen-bond donors (Lipinski definition) is 0. The van der Waals surface area contributed by atoms with Crippen molar-refractivity contribution in [1.29, 1.82) is 0 Å². The molecule has 0 aliphatic rings. The Bertz CT molecular complexity index is 797. The van der Waals surface area contributed by atoms with Gasteiger partial charge in [0.25, 0.3) is 0 Å². The molecule has 1 heterocycles. The quantitative estimate of drug-likeness (QED) is 0.604. The van der Waals surface area contributed by atoms with Crippen molar-refractivity contribution >= 4 is 33.2 Å². The molecule has 0 bridgehead atoms. The number of rotatable bonds is 3. The van der Waals surface area contributed by atoms with E-state index in [1.165, 1.54) is 18.4 Å². The van der Waals surface area contributed by atoms with Crippen LogP contribution in [0, 0.1) is 0 Å². The molecule has 5 heteroatoms. The Balaban J connectivity index is 1.99. The van der Waals surface area contributed by atoms with Gasteiger partial charge in [-0.2, -0.15) is 0 Å².